The van der Waals surface area contributed by atoms with Crippen LogP contribution < -0.4 is 11.5 Å². The van der Waals surface area contributed by atoms with Crippen LogP contribution in [0, 0.1) is 6.92 Å². The molecule has 2 aromatic heterocycles. The summed E-state index contributed by atoms with van der Waals surface area (Å²) in [5.41, 5.74) is 11.5. The third-order valence-electron chi connectivity index (χ3n) is 1.83. The van der Waals surface area contributed by atoms with Gasteiger partial charge >= 0.3 is 0 Å². The zero-order valence-electron chi connectivity index (χ0n) is 8.88. The third-order valence-corrected chi connectivity index (χ3v) is 3.69. The van der Waals surface area contributed by atoms with Crippen LogP contribution in [0.5, 0.6) is 0 Å². The van der Waals surface area contributed by atoms with Crippen molar-refractivity contribution in [1.82, 2.24) is 14.3 Å². The largest absolute Gasteiger partial charge is 0.397 e. The molecule has 0 radical (unpaired) electrons. The lowest BCUT2D eigenvalue weighted by Crippen LogP contribution is -2.13. The number of nitrogens with two attached hydrogens (primary N) is 2. The normalized spacial score (nSPS) is 10.4. The lowest BCUT2D eigenvalue weighted by Gasteiger charge is -2.03. The highest BCUT2D eigenvalue weighted by Gasteiger charge is 2.13. The number of amides is 1. The van der Waals surface area contributed by atoms with Crippen LogP contribution >= 0.6 is 23.3 Å². The average Bonchev–Trinajstić information content (AvgIpc) is 2.66. The zero-order valence-corrected chi connectivity index (χ0v) is 10.5. The van der Waals surface area contributed by atoms with E-state index in [2.05, 4.69) is 14.3 Å². The summed E-state index contributed by atoms with van der Waals surface area (Å²) >= 11 is 2.50. The summed E-state index contributed by atoms with van der Waals surface area (Å²) in [6, 6.07) is 1.51. The lowest BCUT2D eigenvalue weighted by atomic mass is 10.2. The molecule has 4 N–H and O–H groups in total. The molecule has 0 aliphatic carbocycles. The number of rotatable bonds is 3. The Balaban J connectivity index is 2.35. The van der Waals surface area contributed by atoms with Crippen LogP contribution in [0.2, 0.25) is 0 Å². The van der Waals surface area contributed by atoms with Gasteiger partial charge in [-0.25, -0.2) is 9.97 Å². The fourth-order valence-electron chi connectivity index (χ4n) is 1.13. The molecule has 0 fully saturated rings. The summed E-state index contributed by atoms with van der Waals surface area (Å²) in [5, 5.41) is 0.489. The van der Waals surface area contributed by atoms with E-state index in [9.17, 15) is 4.79 Å². The number of aromatic nitrogens is 3. The number of hydrogen-bond donors (Lipinski definition) is 2. The minimum Gasteiger partial charge on any atom is -0.397 e. The van der Waals surface area contributed by atoms with Gasteiger partial charge < -0.3 is 11.5 Å². The maximum atomic E-state index is 11.3. The monoisotopic (exact) mass is 267 g/mol. The van der Waals surface area contributed by atoms with Crippen molar-refractivity contribution in [2.24, 2.45) is 5.73 Å². The Hall–Kier alpha value is -1.67. The van der Waals surface area contributed by atoms with Crippen molar-refractivity contribution in [3.05, 3.63) is 23.7 Å². The summed E-state index contributed by atoms with van der Waals surface area (Å²) in [7, 11) is 0. The molecule has 17 heavy (non-hydrogen) atoms. The molecule has 8 heteroatoms. The van der Waals surface area contributed by atoms with Gasteiger partial charge in [-0.2, -0.15) is 4.37 Å². The van der Waals surface area contributed by atoms with Gasteiger partial charge in [-0.05, 0) is 36.3 Å². The van der Waals surface area contributed by atoms with Crippen LogP contribution in [0.25, 0.3) is 0 Å². The topological polar surface area (TPSA) is 108 Å². The molecule has 0 unspecified atom stereocenters. The Morgan fingerprint density at radius 2 is 2.29 bits per heavy atom. The molecule has 0 bridgehead atoms. The minimum absolute atomic E-state index is 0.294. The molecule has 88 valence electrons. The van der Waals surface area contributed by atoms with E-state index in [4.69, 9.17) is 11.5 Å². The van der Waals surface area contributed by atoms with Gasteiger partial charge in [-0.3, -0.25) is 4.79 Å². The van der Waals surface area contributed by atoms with Gasteiger partial charge in [-0.1, -0.05) is 0 Å². The van der Waals surface area contributed by atoms with E-state index in [1.54, 1.807) is 6.92 Å². The van der Waals surface area contributed by atoms with Crippen molar-refractivity contribution in [3.63, 3.8) is 0 Å². The summed E-state index contributed by atoms with van der Waals surface area (Å²) in [4.78, 5) is 19.5. The second kappa shape index (κ2) is 4.68. The number of nitrogens with zero attached hydrogens (tertiary/aromatic N) is 3. The van der Waals surface area contributed by atoms with E-state index in [0.717, 1.165) is 0 Å². The summed E-state index contributed by atoms with van der Waals surface area (Å²) < 4.78 is 4.76. The number of pyridine rings is 1. The molecule has 0 atom stereocenters. The fraction of sp³-hybridized carbons (Fsp3) is 0.111. The molecule has 1 amide bonds. The van der Waals surface area contributed by atoms with E-state index in [0.29, 0.717) is 26.4 Å². The van der Waals surface area contributed by atoms with Gasteiger partial charge in [0.15, 0.2) is 4.34 Å². The van der Waals surface area contributed by atoms with Gasteiger partial charge in [0.05, 0.1) is 17.4 Å². The molecule has 2 rings (SSSR count). The Bertz CT molecular complexity index is 568. The first-order valence-corrected chi connectivity index (χ1v) is 6.18. The third kappa shape index (κ3) is 2.71. The quantitative estimate of drug-likeness (QED) is 0.861. The van der Waals surface area contributed by atoms with Crippen molar-refractivity contribution in [2.75, 3.05) is 5.73 Å². The summed E-state index contributed by atoms with van der Waals surface area (Å²) in [6.07, 6.45) is 1.47. The predicted molar refractivity (Wildman–Crippen MR) is 65.9 cm³/mol. The number of hydrogen-bond acceptors (Lipinski definition) is 7. The van der Waals surface area contributed by atoms with E-state index < -0.39 is 5.91 Å². The van der Waals surface area contributed by atoms with Crippen molar-refractivity contribution in [3.8, 4) is 0 Å². The molecule has 2 aromatic rings. The van der Waals surface area contributed by atoms with Crippen molar-refractivity contribution in [1.29, 1.82) is 0 Å². The molecular weight excluding hydrogens is 258 g/mol. The molecule has 0 aliphatic heterocycles. The van der Waals surface area contributed by atoms with Gasteiger partial charge in [0.25, 0.3) is 5.91 Å². The molecule has 0 aliphatic rings. The smallest absolute Gasteiger partial charge is 0.251 e. The highest BCUT2D eigenvalue weighted by Crippen LogP contribution is 2.30. The number of carbonyl (C=O) groups excluding carboxylic acids is 1. The molecule has 0 aromatic carbocycles. The van der Waals surface area contributed by atoms with Crippen LogP contribution in [-0.4, -0.2) is 20.2 Å². The van der Waals surface area contributed by atoms with Gasteiger partial charge in [0.2, 0.25) is 0 Å². The Morgan fingerprint density at radius 1 is 1.53 bits per heavy atom. The summed E-state index contributed by atoms with van der Waals surface area (Å²) in [6.45, 7) is 1.80. The van der Waals surface area contributed by atoms with Crippen LogP contribution in [0.15, 0.2) is 21.6 Å². The van der Waals surface area contributed by atoms with Gasteiger partial charge in [-0.15, -0.1) is 0 Å². The average molecular weight is 267 g/mol. The second-order valence-corrected chi connectivity index (χ2v) is 5.18. The van der Waals surface area contributed by atoms with Crippen molar-refractivity contribution >= 4 is 34.9 Å². The second-order valence-electron chi connectivity index (χ2n) is 3.20. The molecule has 2 heterocycles. The SMILES string of the molecule is Cc1nsc(Sc2ncc(N)cc2C(N)=O)n1. The van der Waals surface area contributed by atoms with Crippen molar-refractivity contribution in [2.45, 2.75) is 16.3 Å². The number of aryl methyl sites for hydroxylation is 1. The Labute approximate surface area is 106 Å². The molecule has 0 saturated carbocycles. The molecule has 0 spiro atoms. The van der Waals surface area contributed by atoms with E-state index in [-0.39, 0.29) is 0 Å². The standard InChI is InChI=1S/C9H9N5OS2/c1-4-13-9(17-14-4)16-8-6(7(11)15)2-5(10)3-12-8/h2-3H,10H2,1H3,(H2,11,15). The van der Waals surface area contributed by atoms with Crippen LogP contribution in [0.4, 0.5) is 5.69 Å². The number of nitrogen functional groups attached to an aromatic ring is 1. The molecule has 6 nitrogen and oxygen atoms in total. The predicted octanol–water partition coefficient (Wildman–Crippen LogP) is 1.07. The fourth-order valence-corrected chi connectivity index (χ4v) is 2.77. The first-order chi connectivity index (χ1) is 8.06. The van der Waals surface area contributed by atoms with Crippen LogP contribution in [0.1, 0.15) is 16.2 Å². The van der Waals surface area contributed by atoms with Crippen LogP contribution in [-0.2, 0) is 0 Å². The first kappa shape index (κ1) is 11.8. The zero-order chi connectivity index (χ0) is 12.4. The Kier molecular flexibility index (Phi) is 3.25. The highest BCUT2D eigenvalue weighted by atomic mass is 32.2. The number of carbonyl (C=O) groups is 1. The number of anilines is 1. The molecule has 0 saturated heterocycles. The first-order valence-electron chi connectivity index (χ1n) is 4.60. The molecular formula is C9H9N5OS2. The van der Waals surface area contributed by atoms with E-state index >= 15 is 0 Å². The maximum Gasteiger partial charge on any atom is 0.251 e. The highest BCUT2D eigenvalue weighted by molar-refractivity contribution is 8.01. The van der Waals surface area contributed by atoms with Crippen LogP contribution in [0.3, 0.4) is 0 Å². The lowest BCUT2D eigenvalue weighted by molar-refractivity contribution is 0.0997. The number of primary amides is 1. The van der Waals surface area contributed by atoms with Gasteiger partial charge in [0, 0.05) is 0 Å². The van der Waals surface area contributed by atoms with E-state index in [1.165, 1.54) is 35.6 Å². The van der Waals surface area contributed by atoms with E-state index in [1.807, 2.05) is 0 Å². The summed E-state index contributed by atoms with van der Waals surface area (Å²) in [5.74, 6) is 0.127. The Morgan fingerprint density at radius 3 is 2.88 bits per heavy atom. The minimum atomic E-state index is -0.562. The van der Waals surface area contributed by atoms with Gasteiger partial charge in [0.1, 0.15) is 10.9 Å². The maximum absolute atomic E-state index is 11.3. The van der Waals surface area contributed by atoms with Crippen molar-refractivity contribution < 1.29 is 4.79 Å².